The van der Waals surface area contributed by atoms with E-state index < -0.39 is 0 Å². The van der Waals surface area contributed by atoms with Crippen LogP contribution in [0.2, 0.25) is 0 Å². The number of quaternary nitrogens is 1. The van der Waals surface area contributed by atoms with Crippen LogP contribution >= 0.6 is 0 Å². The predicted octanol–water partition coefficient (Wildman–Crippen LogP) is 2.27. The fraction of sp³-hybridized carbons (Fsp3) is 0.348. The summed E-state index contributed by atoms with van der Waals surface area (Å²) >= 11 is 0. The molecule has 3 aromatic rings. The standard InChI is InChI=1S/C23H26N2O3/c1-3-17-4-9-21-18(15-23(26)28-22(21)14-17)16-24-10-12-25(13-11-24)19-5-7-20(27-2)8-6-19/h4-9,14-15H,3,10-13,16H2,1-2H3/p+1. The van der Waals surface area contributed by atoms with Crippen molar-refractivity contribution in [3.8, 4) is 5.75 Å². The molecule has 0 atom stereocenters. The van der Waals surface area contributed by atoms with Crippen molar-refractivity contribution < 1.29 is 14.1 Å². The molecule has 2 aromatic carbocycles. The van der Waals surface area contributed by atoms with Gasteiger partial charge in [0.25, 0.3) is 0 Å². The average Bonchev–Trinajstić information content (AvgIpc) is 2.74. The van der Waals surface area contributed by atoms with Crippen LogP contribution in [0.5, 0.6) is 5.75 Å². The van der Waals surface area contributed by atoms with Gasteiger partial charge >= 0.3 is 5.63 Å². The van der Waals surface area contributed by atoms with E-state index in [2.05, 4.69) is 36.1 Å². The Bertz CT molecular complexity index is 1000. The number of benzene rings is 2. The van der Waals surface area contributed by atoms with Crippen LogP contribution in [-0.4, -0.2) is 33.3 Å². The average molecular weight is 379 g/mol. The van der Waals surface area contributed by atoms with Gasteiger partial charge in [0.15, 0.2) is 0 Å². The highest BCUT2D eigenvalue weighted by atomic mass is 16.5. The third-order valence-electron chi connectivity index (χ3n) is 5.65. The van der Waals surface area contributed by atoms with Gasteiger partial charge in [-0.05, 0) is 42.3 Å². The number of fused-ring (bicyclic) bond motifs is 1. The van der Waals surface area contributed by atoms with Crippen molar-refractivity contribution in [2.75, 3.05) is 38.2 Å². The Balaban J connectivity index is 1.46. The molecule has 0 aliphatic carbocycles. The van der Waals surface area contributed by atoms with E-state index in [0.29, 0.717) is 5.58 Å². The first-order valence-corrected chi connectivity index (χ1v) is 9.94. The van der Waals surface area contributed by atoms with Crippen LogP contribution in [0, 0.1) is 0 Å². The second-order valence-corrected chi connectivity index (χ2v) is 7.39. The Morgan fingerprint density at radius 2 is 1.82 bits per heavy atom. The number of hydrogen-bond acceptors (Lipinski definition) is 4. The van der Waals surface area contributed by atoms with Crippen molar-refractivity contribution in [2.24, 2.45) is 0 Å². The van der Waals surface area contributed by atoms with Gasteiger partial charge in [0.05, 0.1) is 33.3 Å². The number of methoxy groups -OCH3 is 1. The van der Waals surface area contributed by atoms with Crippen LogP contribution < -0.4 is 20.2 Å². The number of hydrogen-bond donors (Lipinski definition) is 1. The molecule has 1 aromatic heterocycles. The minimum absolute atomic E-state index is 0.257. The smallest absolute Gasteiger partial charge is 0.336 e. The molecule has 0 spiro atoms. The van der Waals surface area contributed by atoms with E-state index in [1.54, 1.807) is 13.2 Å². The molecule has 0 bridgehead atoms. The third kappa shape index (κ3) is 3.90. The molecule has 0 unspecified atom stereocenters. The Morgan fingerprint density at radius 3 is 2.50 bits per heavy atom. The fourth-order valence-corrected chi connectivity index (χ4v) is 3.96. The molecule has 1 fully saturated rings. The monoisotopic (exact) mass is 379 g/mol. The van der Waals surface area contributed by atoms with Gasteiger partial charge in [0.1, 0.15) is 17.9 Å². The molecular weight excluding hydrogens is 352 g/mol. The van der Waals surface area contributed by atoms with E-state index in [-0.39, 0.29) is 5.63 Å². The van der Waals surface area contributed by atoms with E-state index in [4.69, 9.17) is 9.15 Å². The minimum Gasteiger partial charge on any atom is -0.497 e. The summed E-state index contributed by atoms with van der Waals surface area (Å²) in [7, 11) is 1.69. The van der Waals surface area contributed by atoms with Crippen molar-refractivity contribution in [2.45, 2.75) is 19.9 Å². The van der Waals surface area contributed by atoms with Gasteiger partial charge in [0, 0.05) is 22.7 Å². The maximum absolute atomic E-state index is 12.0. The van der Waals surface area contributed by atoms with E-state index in [0.717, 1.165) is 55.8 Å². The lowest BCUT2D eigenvalue weighted by atomic mass is 10.1. The lowest BCUT2D eigenvalue weighted by molar-refractivity contribution is -0.914. The van der Waals surface area contributed by atoms with Gasteiger partial charge in [-0.3, -0.25) is 0 Å². The van der Waals surface area contributed by atoms with E-state index in [1.165, 1.54) is 16.2 Å². The predicted molar refractivity (Wildman–Crippen MR) is 111 cm³/mol. The van der Waals surface area contributed by atoms with E-state index in [1.807, 2.05) is 18.2 Å². The van der Waals surface area contributed by atoms with Gasteiger partial charge in [-0.1, -0.05) is 19.1 Å². The van der Waals surface area contributed by atoms with Crippen molar-refractivity contribution >= 4 is 16.7 Å². The number of aryl methyl sites for hydroxylation is 1. The molecule has 1 aliphatic rings. The molecule has 5 nitrogen and oxygen atoms in total. The van der Waals surface area contributed by atoms with Crippen LogP contribution in [0.3, 0.4) is 0 Å². The van der Waals surface area contributed by atoms with Gasteiger partial charge in [0.2, 0.25) is 0 Å². The number of rotatable bonds is 5. The second kappa shape index (κ2) is 8.07. The van der Waals surface area contributed by atoms with Gasteiger partial charge < -0.3 is 19.0 Å². The van der Waals surface area contributed by atoms with Crippen molar-refractivity contribution in [3.05, 3.63) is 70.1 Å². The SMILES string of the molecule is CCc1ccc2c(C[NH+]3CCN(c4ccc(OC)cc4)CC3)cc(=O)oc2c1. The Hall–Kier alpha value is -2.79. The minimum atomic E-state index is -0.257. The zero-order chi connectivity index (χ0) is 19.5. The third-order valence-corrected chi connectivity index (χ3v) is 5.65. The molecule has 28 heavy (non-hydrogen) atoms. The topological polar surface area (TPSA) is 47.1 Å². The Kier molecular flexibility index (Phi) is 5.35. The van der Waals surface area contributed by atoms with Gasteiger partial charge in [-0.15, -0.1) is 0 Å². The van der Waals surface area contributed by atoms with E-state index in [9.17, 15) is 4.79 Å². The second-order valence-electron chi connectivity index (χ2n) is 7.39. The largest absolute Gasteiger partial charge is 0.497 e. The first-order chi connectivity index (χ1) is 13.7. The molecule has 146 valence electrons. The first-order valence-electron chi connectivity index (χ1n) is 9.94. The number of anilines is 1. The van der Waals surface area contributed by atoms with Crippen molar-refractivity contribution in [1.82, 2.24) is 0 Å². The zero-order valence-electron chi connectivity index (χ0n) is 16.5. The Morgan fingerprint density at radius 1 is 1.07 bits per heavy atom. The molecule has 0 radical (unpaired) electrons. The van der Waals surface area contributed by atoms with Crippen molar-refractivity contribution in [1.29, 1.82) is 0 Å². The molecule has 1 aliphatic heterocycles. The Labute approximate surface area is 165 Å². The number of ether oxygens (including phenoxy) is 1. The van der Waals surface area contributed by atoms with Gasteiger partial charge in [-0.2, -0.15) is 0 Å². The summed E-state index contributed by atoms with van der Waals surface area (Å²) < 4.78 is 10.7. The first kappa shape index (κ1) is 18.6. The summed E-state index contributed by atoms with van der Waals surface area (Å²) in [6, 6.07) is 16.1. The lowest BCUT2D eigenvalue weighted by Crippen LogP contribution is -3.13. The van der Waals surface area contributed by atoms with Crippen LogP contribution in [0.15, 0.2) is 57.7 Å². The summed E-state index contributed by atoms with van der Waals surface area (Å²) in [6.45, 7) is 7.04. The summed E-state index contributed by atoms with van der Waals surface area (Å²) in [6.07, 6.45) is 0.933. The maximum atomic E-state index is 12.0. The quantitative estimate of drug-likeness (QED) is 0.691. The van der Waals surface area contributed by atoms with Crippen LogP contribution in [0.4, 0.5) is 5.69 Å². The zero-order valence-corrected chi connectivity index (χ0v) is 16.5. The molecule has 1 saturated heterocycles. The maximum Gasteiger partial charge on any atom is 0.336 e. The highest BCUT2D eigenvalue weighted by molar-refractivity contribution is 5.80. The lowest BCUT2D eigenvalue weighted by Gasteiger charge is -2.33. The van der Waals surface area contributed by atoms with Crippen LogP contribution in [0.25, 0.3) is 11.0 Å². The number of nitrogens with zero attached hydrogens (tertiary/aromatic N) is 1. The molecular formula is C23H27N2O3+. The summed E-state index contributed by atoms with van der Waals surface area (Å²) in [5.41, 5.74) is 3.96. The normalized spacial score (nSPS) is 15.1. The van der Waals surface area contributed by atoms with E-state index >= 15 is 0 Å². The van der Waals surface area contributed by atoms with Crippen LogP contribution in [-0.2, 0) is 13.0 Å². The molecule has 1 N–H and O–H groups in total. The summed E-state index contributed by atoms with van der Waals surface area (Å²) in [5.74, 6) is 0.883. The molecule has 2 heterocycles. The summed E-state index contributed by atoms with van der Waals surface area (Å²) in [4.78, 5) is 15.9. The van der Waals surface area contributed by atoms with Crippen molar-refractivity contribution in [3.63, 3.8) is 0 Å². The summed E-state index contributed by atoms with van der Waals surface area (Å²) in [5, 5.41) is 1.06. The highest BCUT2D eigenvalue weighted by Gasteiger charge is 2.21. The molecule has 4 rings (SSSR count). The van der Waals surface area contributed by atoms with Gasteiger partial charge in [-0.25, -0.2) is 4.79 Å². The highest BCUT2D eigenvalue weighted by Crippen LogP contribution is 2.20. The number of nitrogens with one attached hydrogen (secondary N) is 1. The molecule has 5 heteroatoms. The fourth-order valence-electron chi connectivity index (χ4n) is 3.96. The number of piperazine rings is 1. The molecule has 0 saturated carbocycles. The molecule has 0 amide bonds. The van der Waals surface area contributed by atoms with Crippen LogP contribution in [0.1, 0.15) is 18.1 Å².